The van der Waals surface area contributed by atoms with Gasteiger partial charge in [-0.2, -0.15) is 0 Å². The normalized spacial score (nSPS) is 10.4. The van der Waals surface area contributed by atoms with E-state index in [1.807, 2.05) is 0 Å². The number of nitrogens with zero attached hydrogens (tertiary/aromatic N) is 1. The zero-order valence-corrected chi connectivity index (χ0v) is 13.8. The first-order valence-electron chi connectivity index (χ1n) is 7.38. The van der Waals surface area contributed by atoms with Crippen LogP contribution in [0, 0.1) is 10.1 Å². The smallest absolute Gasteiger partial charge is 0.303 e. The number of anilines is 1. The van der Waals surface area contributed by atoms with Gasteiger partial charge in [-0.25, -0.2) is 0 Å². The maximum atomic E-state index is 12.5. The number of aliphatic carboxylic acids is 1. The maximum absolute atomic E-state index is 12.5. The zero-order chi connectivity index (χ0) is 18.6. The fourth-order valence-electron chi connectivity index (χ4n) is 2.35. The van der Waals surface area contributed by atoms with E-state index in [-0.39, 0.29) is 28.3 Å². The zero-order valence-electron chi connectivity index (χ0n) is 13.1. The van der Waals surface area contributed by atoms with Gasteiger partial charge in [-0.3, -0.25) is 19.7 Å². The van der Waals surface area contributed by atoms with Gasteiger partial charge in [0.25, 0.3) is 5.69 Å². The molecule has 7 nitrogen and oxygen atoms in total. The number of carbonyl (C=O) groups excluding carboxylic acids is 1. The molecule has 0 bridgehead atoms. The van der Waals surface area contributed by atoms with Crippen molar-refractivity contribution in [1.29, 1.82) is 0 Å². The summed E-state index contributed by atoms with van der Waals surface area (Å²) in [6, 6.07) is 8.55. The number of nitro benzene ring substituents is 1. The van der Waals surface area contributed by atoms with Gasteiger partial charge in [0.15, 0.2) is 5.78 Å². The van der Waals surface area contributed by atoms with Crippen LogP contribution in [0.1, 0.15) is 34.3 Å². The van der Waals surface area contributed by atoms with Crippen LogP contribution in [0.5, 0.6) is 0 Å². The van der Waals surface area contributed by atoms with Crippen LogP contribution in [0.2, 0.25) is 5.02 Å². The number of nitrogen functional groups attached to an aromatic ring is 1. The molecule has 0 radical (unpaired) electrons. The third kappa shape index (κ3) is 4.54. The molecule has 25 heavy (non-hydrogen) atoms. The molecule has 0 aliphatic heterocycles. The summed E-state index contributed by atoms with van der Waals surface area (Å²) in [5.74, 6) is -1.29. The molecule has 8 heteroatoms. The summed E-state index contributed by atoms with van der Waals surface area (Å²) >= 11 is 5.74. The summed E-state index contributed by atoms with van der Waals surface area (Å²) in [7, 11) is 0. The Hall–Kier alpha value is -2.93. The van der Waals surface area contributed by atoms with Crippen molar-refractivity contribution >= 4 is 34.7 Å². The monoisotopic (exact) mass is 362 g/mol. The predicted octanol–water partition coefficient (Wildman–Crippen LogP) is 3.47. The van der Waals surface area contributed by atoms with Crippen molar-refractivity contribution in [2.24, 2.45) is 0 Å². The number of aryl methyl sites for hydroxylation is 1. The number of rotatable bonds is 7. The summed E-state index contributed by atoms with van der Waals surface area (Å²) in [5.41, 5.74) is 7.13. The summed E-state index contributed by atoms with van der Waals surface area (Å²) < 4.78 is 0. The van der Waals surface area contributed by atoms with E-state index in [9.17, 15) is 19.7 Å². The molecule has 2 rings (SSSR count). The predicted molar refractivity (Wildman–Crippen MR) is 93.0 cm³/mol. The van der Waals surface area contributed by atoms with Gasteiger partial charge in [0.2, 0.25) is 0 Å². The van der Waals surface area contributed by atoms with E-state index in [2.05, 4.69) is 0 Å². The number of ketones is 1. The van der Waals surface area contributed by atoms with Gasteiger partial charge in [-0.05, 0) is 36.6 Å². The van der Waals surface area contributed by atoms with E-state index in [0.29, 0.717) is 18.5 Å². The van der Waals surface area contributed by atoms with Crippen molar-refractivity contribution in [3.05, 3.63) is 68.2 Å². The Labute approximate surface area is 148 Å². The van der Waals surface area contributed by atoms with Crippen LogP contribution in [0.3, 0.4) is 0 Å². The molecular weight excluding hydrogens is 348 g/mol. The van der Waals surface area contributed by atoms with Crippen molar-refractivity contribution in [2.75, 3.05) is 5.73 Å². The molecule has 0 fully saturated rings. The minimum atomic E-state index is -0.880. The first kappa shape index (κ1) is 18.4. The lowest BCUT2D eigenvalue weighted by Gasteiger charge is -2.08. The highest BCUT2D eigenvalue weighted by Gasteiger charge is 2.18. The second kappa shape index (κ2) is 7.76. The van der Waals surface area contributed by atoms with Crippen LogP contribution in [0.15, 0.2) is 36.4 Å². The van der Waals surface area contributed by atoms with Gasteiger partial charge < -0.3 is 10.8 Å². The molecular formula is C17H15ClN2O5. The fourth-order valence-corrected chi connectivity index (χ4v) is 2.54. The quantitative estimate of drug-likeness (QED) is 0.336. The molecule has 0 amide bonds. The fraction of sp³-hybridized carbons (Fsp3) is 0.176. The highest BCUT2D eigenvalue weighted by molar-refractivity contribution is 6.32. The van der Waals surface area contributed by atoms with Crippen molar-refractivity contribution in [1.82, 2.24) is 0 Å². The van der Waals surface area contributed by atoms with E-state index < -0.39 is 16.7 Å². The lowest BCUT2D eigenvalue weighted by molar-refractivity contribution is -0.384. The molecule has 130 valence electrons. The third-order valence-corrected chi connectivity index (χ3v) is 3.97. The molecule has 0 heterocycles. The Morgan fingerprint density at radius 1 is 1.16 bits per heavy atom. The molecule has 2 aromatic rings. The average molecular weight is 363 g/mol. The first-order valence-corrected chi connectivity index (χ1v) is 7.76. The molecule has 0 saturated carbocycles. The van der Waals surface area contributed by atoms with Crippen LogP contribution in [0.25, 0.3) is 0 Å². The molecule has 0 spiro atoms. The van der Waals surface area contributed by atoms with E-state index in [1.165, 1.54) is 18.2 Å². The highest BCUT2D eigenvalue weighted by Crippen LogP contribution is 2.27. The number of halogens is 1. The van der Waals surface area contributed by atoms with Gasteiger partial charge in [-0.15, -0.1) is 0 Å². The number of hydrogen-bond donors (Lipinski definition) is 2. The van der Waals surface area contributed by atoms with Crippen LogP contribution in [-0.4, -0.2) is 21.8 Å². The molecule has 0 aliphatic carbocycles. The van der Waals surface area contributed by atoms with Crippen molar-refractivity contribution in [3.8, 4) is 0 Å². The Balaban J connectivity index is 2.23. The van der Waals surface area contributed by atoms with Crippen molar-refractivity contribution in [2.45, 2.75) is 19.3 Å². The van der Waals surface area contributed by atoms with Gasteiger partial charge in [-0.1, -0.05) is 23.7 Å². The van der Waals surface area contributed by atoms with Gasteiger partial charge in [0, 0.05) is 29.3 Å². The summed E-state index contributed by atoms with van der Waals surface area (Å²) in [6.45, 7) is 0. The van der Waals surface area contributed by atoms with Crippen LogP contribution >= 0.6 is 11.6 Å². The van der Waals surface area contributed by atoms with E-state index in [4.69, 9.17) is 22.4 Å². The maximum Gasteiger partial charge on any atom is 0.303 e. The Kier molecular flexibility index (Phi) is 5.71. The summed E-state index contributed by atoms with van der Waals surface area (Å²) in [5, 5.41) is 19.5. The summed E-state index contributed by atoms with van der Waals surface area (Å²) in [6.07, 6.45) is 0.962. The minimum Gasteiger partial charge on any atom is -0.481 e. The SMILES string of the molecule is Nc1cc(C(=O)c2ccc(Cl)c([N+](=O)[O-])c2)ccc1CCCC(=O)O. The van der Waals surface area contributed by atoms with Crippen LogP contribution in [0.4, 0.5) is 11.4 Å². The van der Waals surface area contributed by atoms with Crippen molar-refractivity contribution < 1.29 is 19.6 Å². The lowest BCUT2D eigenvalue weighted by atomic mass is 9.98. The number of hydrogen-bond acceptors (Lipinski definition) is 5. The van der Waals surface area contributed by atoms with Crippen molar-refractivity contribution in [3.63, 3.8) is 0 Å². The lowest BCUT2D eigenvalue weighted by Crippen LogP contribution is -2.05. The molecule has 0 saturated heterocycles. The van der Waals surface area contributed by atoms with Gasteiger partial charge in [0.05, 0.1) is 4.92 Å². The number of carboxylic acids is 1. The van der Waals surface area contributed by atoms with Gasteiger partial charge in [0.1, 0.15) is 5.02 Å². The van der Waals surface area contributed by atoms with E-state index in [0.717, 1.165) is 11.6 Å². The summed E-state index contributed by atoms with van der Waals surface area (Å²) in [4.78, 5) is 33.3. The van der Waals surface area contributed by atoms with Gasteiger partial charge >= 0.3 is 5.97 Å². The average Bonchev–Trinajstić information content (AvgIpc) is 2.55. The third-order valence-electron chi connectivity index (χ3n) is 3.65. The topological polar surface area (TPSA) is 124 Å². The largest absolute Gasteiger partial charge is 0.481 e. The number of nitrogens with two attached hydrogens (primary N) is 1. The van der Waals surface area contributed by atoms with Crippen LogP contribution < -0.4 is 5.73 Å². The molecule has 0 aromatic heterocycles. The standard InChI is InChI=1S/C17H15ClN2O5/c18-13-7-6-12(9-15(13)20(24)25)17(23)11-5-4-10(14(19)8-11)2-1-3-16(21)22/h4-9H,1-3,19H2,(H,21,22). The Morgan fingerprint density at radius 2 is 1.80 bits per heavy atom. The highest BCUT2D eigenvalue weighted by atomic mass is 35.5. The molecule has 0 unspecified atom stereocenters. The first-order chi connectivity index (χ1) is 11.8. The minimum absolute atomic E-state index is 0.0363. The molecule has 0 aliphatic rings. The molecule has 2 aromatic carbocycles. The number of carboxylic acid groups (broad SMARTS) is 1. The number of benzene rings is 2. The number of carbonyl (C=O) groups is 2. The van der Waals surface area contributed by atoms with E-state index >= 15 is 0 Å². The molecule has 3 N–H and O–H groups in total. The Bertz CT molecular complexity index is 851. The Morgan fingerprint density at radius 3 is 2.40 bits per heavy atom. The molecule has 0 atom stereocenters. The number of nitro groups is 1. The second-order valence-electron chi connectivity index (χ2n) is 5.41. The van der Waals surface area contributed by atoms with Crippen LogP contribution in [-0.2, 0) is 11.2 Å². The van der Waals surface area contributed by atoms with E-state index in [1.54, 1.807) is 12.1 Å². The second-order valence-corrected chi connectivity index (χ2v) is 5.82.